The smallest absolute Gasteiger partial charge is 0.270 e. The third kappa shape index (κ3) is 3.94. The molecule has 0 radical (unpaired) electrons. The maximum Gasteiger partial charge on any atom is 0.270 e. The molecule has 0 aliphatic heterocycles. The van der Waals surface area contributed by atoms with Crippen molar-refractivity contribution in [2.45, 2.75) is 6.92 Å². The van der Waals surface area contributed by atoms with Crippen LogP contribution < -0.4 is 5.73 Å². The second-order valence-electron chi connectivity index (χ2n) is 7.10. The molecule has 2 aromatic carbocycles. The zero-order valence-corrected chi connectivity index (χ0v) is 17.4. The molecule has 9 nitrogen and oxygen atoms in total. The van der Waals surface area contributed by atoms with E-state index in [1.54, 1.807) is 30.3 Å². The van der Waals surface area contributed by atoms with Gasteiger partial charge in [0.15, 0.2) is 0 Å². The number of benzene rings is 2. The quantitative estimate of drug-likeness (QED) is 0.266. The minimum atomic E-state index is -0.475. The highest BCUT2D eigenvalue weighted by molar-refractivity contribution is 5.91. The van der Waals surface area contributed by atoms with Gasteiger partial charge < -0.3 is 10.2 Å². The molecule has 0 saturated heterocycles. The summed E-state index contributed by atoms with van der Waals surface area (Å²) in [6.07, 6.45) is 1.45. The van der Waals surface area contributed by atoms with Crippen molar-refractivity contribution in [1.29, 1.82) is 10.5 Å². The molecule has 0 fully saturated rings. The molecule has 0 atom stereocenters. The molecule has 33 heavy (non-hydrogen) atoms. The van der Waals surface area contributed by atoms with Gasteiger partial charge in [-0.3, -0.25) is 10.1 Å². The van der Waals surface area contributed by atoms with Crippen LogP contribution in [0.25, 0.3) is 28.7 Å². The summed E-state index contributed by atoms with van der Waals surface area (Å²) in [7, 11) is 0. The van der Waals surface area contributed by atoms with Gasteiger partial charge in [0.2, 0.25) is 0 Å². The molecule has 0 saturated carbocycles. The van der Waals surface area contributed by atoms with Crippen LogP contribution >= 0.6 is 0 Å². The van der Waals surface area contributed by atoms with E-state index in [1.807, 2.05) is 37.3 Å². The number of nitro groups is 1. The fraction of sp³-hybridized carbons (Fsp3) is 0.0417. The fourth-order valence-electron chi connectivity index (χ4n) is 3.36. The van der Waals surface area contributed by atoms with E-state index >= 15 is 0 Å². The Morgan fingerprint density at radius 3 is 2.61 bits per heavy atom. The van der Waals surface area contributed by atoms with Crippen LogP contribution in [0.5, 0.6) is 0 Å². The Bertz CT molecular complexity index is 1480. The molecule has 2 aromatic heterocycles. The summed E-state index contributed by atoms with van der Waals surface area (Å²) in [6.45, 7) is 1.82. The van der Waals surface area contributed by atoms with Crippen LogP contribution in [0, 0.1) is 39.7 Å². The molecule has 0 bridgehead atoms. The summed E-state index contributed by atoms with van der Waals surface area (Å²) in [5, 5.41) is 34.9. The number of aryl methyl sites for hydroxylation is 1. The van der Waals surface area contributed by atoms with Crippen LogP contribution in [0.15, 0.2) is 65.1 Å². The number of non-ortho nitro benzene ring substituents is 1. The summed E-state index contributed by atoms with van der Waals surface area (Å²) < 4.78 is 7.24. The fourth-order valence-corrected chi connectivity index (χ4v) is 3.36. The van der Waals surface area contributed by atoms with Crippen molar-refractivity contribution in [3.8, 4) is 29.1 Å². The summed E-state index contributed by atoms with van der Waals surface area (Å²) >= 11 is 0. The summed E-state index contributed by atoms with van der Waals surface area (Å²) in [4.78, 5) is 10.6. The molecule has 0 amide bonds. The first-order valence-corrected chi connectivity index (χ1v) is 9.74. The first kappa shape index (κ1) is 21.1. The van der Waals surface area contributed by atoms with Gasteiger partial charge in [-0.1, -0.05) is 24.3 Å². The van der Waals surface area contributed by atoms with Gasteiger partial charge in [-0.15, -0.1) is 0 Å². The highest BCUT2D eigenvalue weighted by Crippen LogP contribution is 2.31. The van der Waals surface area contributed by atoms with E-state index < -0.39 is 4.92 Å². The number of anilines is 1. The van der Waals surface area contributed by atoms with E-state index in [0.717, 1.165) is 5.56 Å². The van der Waals surface area contributed by atoms with Crippen molar-refractivity contribution in [3.63, 3.8) is 0 Å². The summed E-state index contributed by atoms with van der Waals surface area (Å²) in [5.74, 6) is 0.853. The second kappa shape index (κ2) is 8.53. The van der Waals surface area contributed by atoms with E-state index in [2.05, 4.69) is 5.10 Å². The summed E-state index contributed by atoms with van der Waals surface area (Å²) in [6, 6.07) is 20.9. The Hall–Kier alpha value is -5.15. The number of hydrogen-bond donors (Lipinski definition) is 1. The van der Waals surface area contributed by atoms with E-state index in [1.165, 1.54) is 22.9 Å². The second-order valence-corrected chi connectivity index (χ2v) is 7.10. The average Bonchev–Trinajstić information content (AvgIpc) is 3.42. The lowest BCUT2D eigenvalue weighted by molar-refractivity contribution is -0.384. The number of nitrogens with zero attached hydrogens (tertiary/aromatic N) is 5. The van der Waals surface area contributed by atoms with Crippen LogP contribution in [0.2, 0.25) is 0 Å². The highest BCUT2D eigenvalue weighted by atomic mass is 16.6. The SMILES string of the molecule is Cc1ccc([N+](=O)[O-])cc1-c1ccc(C=C(C#N)c2nn(-c3ccccc3)c(N)c2C#N)o1. The minimum absolute atomic E-state index is 0.0533. The lowest BCUT2D eigenvalue weighted by Crippen LogP contribution is -2.02. The number of furan rings is 1. The van der Waals surface area contributed by atoms with Crippen LogP contribution in [0.3, 0.4) is 0 Å². The number of nitrogens with two attached hydrogens (primary N) is 1. The van der Waals surface area contributed by atoms with Crippen molar-refractivity contribution in [1.82, 2.24) is 9.78 Å². The number of nitro benzene ring substituents is 1. The third-order valence-electron chi connectivity index (χ3n) is 5.02. The number of nitrogen functional groups attached to an aromatic ring is 1. The lowest BCUT2D eigenvalue weighted by Gasteiger charge is -2.02. The maximum absolute atomic E-state index is 11.1. The van der Waals surface area contributed by atoms with Gasteiger partial charge in [0.1, 0.15) is 40.7 Å². The first-order chi connectivity index (χ1) is 15.9. The van der Waals surface area contributed by atoms with Gasteiger partial charge in [-0.25, -0.2) is 4.68 Å². The highest BCUT2D eigenvalue weighted by Gasteiger charge is 2.20. The zero-order valence-electron chi connectivity index (χ0n) is 17.4. The van der Waals surface area contributed by atoms with E-state index in [0.29, 0.717) is 22.8 Å². The van der Waals surface area contributed by atoms with Crippen LogP contribution in [-0.2, 0) is 0 Å². The van der Waals surface area contributed by atoms with Gasteiger partial charge in [0, 0.05) is 23.8 Å². The van der Waals surface area contributed by atoms with Gasteiger partial charge in [-0.2, -0.15) is 15.6 Å². The van der Waals surface area contributed by atoms with E-state index in [9.17, 15) is 20.6 Å². The Balaban J connectivity index is 1.76. The molecule has 2 N–H and O–H groups in total. The predicted octanol–water partition coefficient (Wildman–Crippen LogP) is 4.87. The molecule has 2 heterocycles. The predicted molar refractivity (Wildman–Crippen MR) is 122 cm³/mol. The monoisotopic (exact) mass is 436 g/mol. The average molecular weight is 436 g/mol. The van der Waals surface area contributed by atoms with Crippen LogP contribution in [0.4, 0.5) is 11.5 Å². The zero-order chi connectivity index (χ0) is 23.5. The number of rotatable bonds is 5. The van der Waals surface area contributed by atoms with Crippen molar-refractivity contribution < 1.29 is 9.34 Å². The molecular weight excluding hydrogens is 420 g/mol. The Kier molecular flexibility index (Phi) is 5.46. The molecule has 4 rings (SSSR count). The molecule has 160 valence electrons. The molecule has 9 heteroatoms. The maximum atomic E-state index is 11.1. The number of aromatic nitrogens is 2. The van der Waals surface area contributed by atoms with E-state index in [-0.39, 0.29) is 28.3 Å². The van der Waals surface area contributed by atoms with Gasteiger partial charge >= 0.3 is 0 Å². The molecular formula is C24H16N6O3. The van der Waals surface area contributed by atoms with Crippen molar-refractivity contribution in [2.75, 3.05) is 5.73 Å². The molecule has 0 aliphatic rings. The Morgan fingerprint density at radius 2 is 1.94 bits per heavy atom. The molecule has 0 unspecified atom stereocenters. The van der Waals surface area contributed by atoms with Crippen molar-refractivity contribution in [2.24, 2.45) is 0 Å². The number of hydrogen-bond acceptors (Lipinski definition) is 7. The van der Waals surface area contributed by atoms with E-state index in [4.69, 9.17) is 10.2 Å². The van der Waals surface area contributed by atoms with Crippen molar-refractivity contribution >= 4 is 23.2 Å². The van der Waals surface area contributed by atoms with Gasteiger partial charge in [-0.05, 0) is 36.8 Å². The molecule has 4 aromatic rings. The van der Waals surface area contributed by atoms with Gasteiger partial charge in [0.05, 0.1) is 16.2 Å². The molecule has 0 aliphatic carbocycles. The minimum Gasteiger partial charge on any atom is -0.457 e. The Morgan fingerprint density at radius 1 is 1.18 bits per heavy atom. The largest absolute Gasteiger partial charge is 0.457 e. The number of nitriles is 2. The lowest BCUT2D eigenvalue weighted by atomic mass is 10.1. The first-order valence-electron chi connectivity index (χ1n) is 9.74. The van der Waals surface area contributed by atoms with Crippen LogP contribution in [0.1, 0.15) is 22.6 Å². The topological polar surface area (TPSA) is 148 Å². The van der Waals surface area contributed by atoms with Crippen LogP contribution in [-0.4, -0.2) is 14.7 Å². The number of para-hydroxylation sites is 1. The standard InChI is InChI=1S/C24H16N6O3/c1-15-7-8-18(30(31)32)12-20(15)22-10-9-19(33-22)11-16(13-25)23-21(14-26)24(27)29(28-23)17-5-3-2-4-6-17/h2-12H,27H2,1H3. The molecule has 0 spiro atoms. The van der Waals surface area contributed by atoms with Gasteiger partial charge in [0.25, 0.3) is 5.69 Å². The Labute approximate surface area is 188 Å². The third-order valence-corrected chi connectivity index (χ3v) is 5.02. The number of allylic oxidation sites excluding steroid dienone is 1. The summed E-state index contributed by atoms with van der Waals surface area (Å²) in [5.41, 5.74) is 8.39. The van der Waals surface area contributed by atoms with Crippen molar-refractivity contribution in [3.05, 3.63) is 93.4 Å². The normalized spacial score (nSPS) is 11.1.